The number of likely N-dealkylation sites (tertiary alicyclic amines) is 1. The van der Waals surface area contributed by atoms with E-state index in [0.717, 1.165) is 23.0 Å². The first-order chi connectivity index (χ1) is 7.72. The zero-order valence-electron chi connectivity index (χ0n) is 9.19. The van der Waals surface area contributed by atoms with Crippen molar-refractivity contribution in [3.63, 3.8) is 0 Å². The van der Waals surface area contributed by atoms with Crippen LogP contribution in [0.25, 0.3) is 0 Å². The smallest absolute Gasteiger partial charge is 0.115 e. The molecule has 0 radical (unpaired) electrons. The molecule has 1 aromatic rings. The van der Waals surface area contributed by atoms with E-state index in [1.54, 1.807) is 6.07 Å². The molecule has 1 aromatic carbocycles. The zero-order valence-corrected chi connectivity index (χ0v) is 10.8. The Labute approximate surface area is 104 Å². The molecule has 1 N–H and O–H groups in total. The number of nitrogens with zero attached hydrogens (tertiary/aromatic N) is 1. The van der Waals surface area contributed by atoms with Gasteiger partial charge in [0.05, 0.1) is 0 Å². The van der Waals surface area contributed by atoms with Crippen molar-refractivity contribution in [2.24, 2.45) is 5.92 Å². The maximum Gasteiger partial charge on any atom is 0.115 e. The minimum atomic E-state index is 0.363. The lowest BCUT2D eigenvalue weighted by Crippen LogP contribution is -2.31. The molecule has 3 rings (SSSR count). The third-order valence-electron chi connectivity index (χ3n) is 3.93. The maximum absolute atomic E-state index is 9.50. The first-order valence-corrected chi connectivity index (χ1v) is 6.73. The average molecular weight is 282 g/mol. The fourth-order valence-corrected chi connectivity index (χ4v) is 3.49. The lowest BCUT2D eigenvalue weighted by atomic mass is 10.1. The van der Waals surface area contributed by atoms with Crippen LogP contribution in [-0.2, 0) is 6.54 Å². The van der Waals surface area contributed by atoms with Crippen molar-refractivity contribution >= 4 is 15.9 Å². The lowest BCUT2D eigenvalue weighted by molar-refractivity contribution is 0.205. The fourth-order valence-electron chi connectivity index (χ4n) is 3.12. The molecular weight excluding hydrogens is 266 g/mol. The molecule has 1 aliphatic heterocycles. The summed E-state index contributed by atoms with van der Waals surface area (Å²) in [6.45, 7) is 2.21. The average Bonchev–Trinajstić information content (AvgIpc) is 2.85. The first-order valence-electron chi connectivity index (χ1n) is 5.94. The highest BCUT2D eigenvalue weighted by molar-refractivity contribution is 9.10. The molecule has 0 aromatic heterocycles. The Kier molecular flexibility index (Phi) is 2.68. The molecule has 2 bridgehead atoms. The van der Waals surface area contributed by atoms with Gasteiger partial charge in [0, 0.05) is 23.6 Å². The summed E-state index contributed by atoms with van der Waals surface area (Å²) in [7, 11) is 0. The molecule has 1 heterocycles. The number of halogens is 1. The maximum atomic E-state index is 9.50. The van der Waals surface area contributed by atoms with Crippen molar-refractivity contribution in [3.05, 3.63) is 28.2 Å². The van der Waals surface area contributed by atoms with Crippen LogP contribution in [0.2, 0.25) is 0 Å². The van der Waals surface area contributed by atoms with Crippen molar-refractivity contribution in [2.45, 2.75) is 31.8 Å². The summed E-state index contributed by atoms with van der Waals surface area (Å²) in [5.41, 5.74) is 1.20. The molecule has 1 saturated carbocycles. The summed E-state index contributed by atoms with van der Waals surface area (Å²) < 4.78 is 1.10. The van der Waals surface area contributed by atoms with Gasteiger partial charge in [0.2, 0.25) is 0 Å². The van der Waals surface area contributed by atoms with Crippen molar-refractivity contribution in [1.29, 1.82) is 0 Å². The van der Waals surface area contributed by atoms with Crippen LogP contribution in [0.15, 0.2) is 22.7 Å². The van der Waals surface area contributed by atoms with E-state index in [1.807, 2.05) is 12.1 Å². The van der Waals surface area contributed by atoms with Crippen LogP contribution in [0.5, 0.6) is 5.75 Å². The molecule has 86 valence electrons. The molecule has 2 atom stereocenters. The highest BCUT2D eigenvalue weighted by Crippen LogP contribution is 2.38. The van der Waals surface area contributed by atoms with E-state index in [9.17, 15) is 5.11 Å². The van der Waals surface area contributed by atoms with Crippen LogP contribution in [0, 0.1) is 5.92 Å². The Morgan fingerprint density at radius 1 is 1.38 bits per heavy atom. The summed E-state index contributed by atoms with van der Waals surface area (Å²) in [6.07, 6.45) is 4.17. The quantitative estimate of drug-likeness (QED) is 0.900. The summed E-state index contributed by atoms with van der Waals surface area (Å²) in [5.74, 6) is 1.30. The van der Waals surface area contributed by atoms with Crippen LogP contribution < -0.4 is 0 Å². The number of hydrogen-bond donors (Lipinski definition) is 1. The molecule has 2 nitrogen and oxygen atoms in total. The summed E-state index contributed by atoms with van der Waals surface area (Å²) >= 11 is 3.55. The second-order valence-electron chi connectivity index (χ2n) is 5.04. The van der Waals surface area contributed by atoms with Gasteiger partial charge in [0.15, 0.2) is 0 Å². The second-order valence-corrected chi connectivity index (χ2v) is 5.89. The van der Waals surface area contributed by atoms with Gasteiger partial charge in [-0.3, -0.25) is 4.90 Å². The number of phenolic OH excluding ortho intramolecular Hbond substituents is 1. The number of piperidine rings is 1. The normalized spacial score (nSPS) is 28.8. The van der Waals surface area contributed by atoms with Crippen LogP contribution in [0.4, 0.5) is 0 Å². The summed E-state index contributed by atoms with van der Waals surface area (Å²) in [6, 6.07) is 6.32. The van der Waals surface area contributed by atoms with Crippen LogP contribution >= 0.6 is 15.9 Å². The Morgan fingerprint density at radius 3 is 2.94 bits per heavy atom. The largest absolute Gasteiger partial charge is 0.508 e. The standard InChI is InChI=1S/C13H16BrNO/c14-13-4-3-12(16)6-10(13)8-15-7-9-1-2-11(15)5-9/h3-4,6,9,11,16H,1-2,5,7-8H2. The third kappa shape index (κ3) is 1.87. The van der Waals surface area contributed by atoms with Gasteiger partial charge in [-0.05, 0) is 48.9 Å². The van der Waals surface area contributed by atoms with Gasteiger partial charge < -0.3 is 5.11 Å². The van der Waals surface area contributed by atoms with Crippen LogP contribution in [0.1, 0.15) is 24.8 Å². The number of rotatable bonds is 2. The van der Waals surface area contributed by atoms with Crippen molar-refractivity contribution in [3.8, 4) is 5.75 Å². The van der Waals surface area contributed by atoms with Gasteiger partial charge in [0.1, 0.15) is 5.75 Å². The number of phenols is 1. The molecule has 0 spiro atoms. The zero-order chi connectivity index (χ0) is 11.1. The SMILES string of the molecule is Oc1ccc(Br)c(CN2CC3CCC2C3)c1. The molecule has 2 unspecified atom stereocenters. The third-order valence-corrected chi connectivity index (χ3v) is 4.70. The van der Waals surface area contributed by atoms with Gasteiger partial charge in [-0.25, -0.2) is 0 Å². The number of hydrogen-bond acceptors (Lipinski definition) is 2. The molecule has 2 fully saturated rings. The van der Waals surface area contributed by atoms with Crippen molar-refractivity contribution in [1.82, 2.24) is 4.90 Å². The summed E-state index contributed by atoms with van der Waals surface area (Å²) in [5, 5.41) is 9.50. The Bertz CT molecular complexity index is 407. The second kappa shape index (κ2) is 4.04. The van der Waals surface area contributed by atoms with E-state index in [-0.39, 0.29) is 0 Å². The van der Waals surface area contributed by atoms with E-state index in [0.29, 0.717) is 5.75 Å². The highest BCUT2D eigenvalue weighted by Gasteiger charge is 2.37. The fraction of sp³-hybridized carbons (Fsp3) is 0.538. The molecule has 1 aliphatic carbocycles. The monoisotopic (exact) mass is 281 g/mol. The van der Waals surface area contributed by atoms with Gasteiger partial charge in [-0.2, -0.15) is 0 Å². The van der Waals surface area contributed by atoms with Gasteiger partial charge >= 0.3 is 0 Å². The van der Waals surface area contributed by atoms with E-state index < -0.39 is 0 Å². The van der Waals surface area contributed by atoms with Crippen molar-refractivity contribution < 1.29 is 5.11 Å². The highest BCUT2D eigenvalue weighted by atomic mass is 79.9. The number of benzene rings is 1. The Morgan fingerprint density at radius 2 is 2.25 bits per heavy atom. The molecule has 1 saturated heterocycles. The molecule has 0 amide bonds. The van der Waals surface area contributed by atoms with Crippen LogP contribution in [0.3, 0.4) is 0 Å². The Hall–Kier alpha value is -0.540. The molecule has 2 aliphatic rings. The number of aromatic hydroxyl groups is 1. The van der Waals surface area contributed by atoms with Crippen molar-refractivity contribution in [2.75, 3.05) is 6.54 Å². The van der Waals surface area contributed by atoms with Crippen LogP contribution in [-0.4, -0.2) is 22.6 Å². The first kappa shape index (κ1) is 10.6. The predicted molar refractivity (Wildman–Crippen MR) is 67.3 cm³/mol. The predicted octanol–water partition coefficient (Wildman–Crippen LogP) is 3.14. The van der Waals surface area contributed by atoms with E-state index in [2.05, 4.69) is 20.8 Å². The van der Waals surface area contributed by atoms with Gasteiger partial charge in [-0.1, -0.05) is 15.9 Å². The molecular formula is C13H16BrNO. The summed E-state index contributed by atoms with van der Waals surface area (Å²) in [4.78, 5) is 2.56. The van der Waals surface area contributed by atoms with Gasteiger partial charge in [0.25, 0.3) is 0 Å². The van der Waals surface area contributed by atoms with E-state index >= 15 is 0 Å². The van der Waals surface area contributed by atoms with E-state index in [4.69, 9.17) is 0 Å². The minimum Gasteiger partial charge on any atom is -0.508 e. The Balaban J connectivity index is 1.76. The number of fused-ring (bicyclic) bond motifs is 2. The van der Waals surface area contributed by atoms with E-state index in [1.165, 1.54) is 31.4 Å². The molecule has 3 heteroatoms. The topological polar surface area (TPSA) is 23.5 Å². The van der Waals surface area contributed by atoms with Gasteiger partial charge in [-0.15, -0.1) is 0 Å². The molecule has 16 heavy (non-hydrogen) atoms. The minimum absolute atomic E-state index is 0.363. The lowest BCUT2D eigenvalue weighted by Gasteiger charge is -2.27.